The molecule has 0 saturated carbocycles. The second kappa shape index (κ2) is 18.0. The fraction of sp³-hybridized carbons (Fsp3) is 0.655. The maximum absolute atomic E-state index is 12.5. The van der Waals surface area contributed by atoms with E-state index in [0.29, 0.717) is 12.0 Å². The van der Waals surface area contributed by atoms with Gasteiger partial charge in [0.15, 0.2) is 11.5 Å². The summed E-state index contributed by atoms with van der Waals surface area (Å²) in [6, 6.07) is 2.73. The van der Waals surface area contributed by atoms with Gasteiger partial charge in [0.2, 0.25) is 0 Å². The lowest BCUT2D eigenvalue weighted by atomic mass is 9.87. The van der Waals surface area contributed by atoms with Crippen LogP contribution in [0, 0.1) is 11.8 Å². The molecule has 3 N–H and O–H groups in total. The Bertz CT molecular complexity index is 999. The highest BCUT2D eigenvalue weighted by atomic mass is 16.7. The molecule has 232 valence electrons. The standard InChI is InChI=1S/C29H45NO11/c1-8-17(4)15-36-27(33)40-23-12-11-21(14-24(23)41-28(34)37-16-18(5)9-2)22(25(30)26(31)32)13-20(7)39-29(35)38-19(6)10-3/h11-12,14,17-20,22,25H,8-10,13,15-16,30H2,1-7H3,(H,31,32)/t17?,18?,19?,20?,22?,25-/m0/s1. The molecule has 0 radical (unpaired) electrons. The van der Waals surface area contributed by atoms with Crippen LogP contribution in [-0.2, 0) is 23.7 Å². The number of carboxylic acids is 1. The van der Waals surface area contributed by atoms with Crippen LogP contribution < -0.4 is 15.2 Å². The molecule has 0 aromatic heterocycles. The SMILES string of the molecule is CCC(C)COC(=O)Oc1ccc(C(CC(C)OC(=O)OC(C)CC)[C@H](N)C(=O)O)cc1OC(=O)OCC(C)CC. The fourth-order valence-electron chi connectivity index (χ4n) is 3.32. The number of aliphatic carboxylic acids is 1. The Morgan fingerprint density at radius 1 is 0.756 bits per heavy atom. The van der Waals surface area contributed by atoms with Crippen LogP contribution in [-0.4, -0.2) is 61.0 Å². The van der Waals surface area contributed by atoms with Gasteiger partial charge in [-0.2, -0.15) is 0 Å². The Balaban J connectivity index is 3.28. The van der Waals surface area contributed by atoms with Crippen molar-refractivity contribution < 1.29 is 52.7 Å². The summed E-state index contributed by atoms with van der Waals surface area (Å²) >= 11 is 0. The highest BCUT2D eigenvalue weighted by Gasteiger charge is 2.31. The molecule has 0 heterocycles. The Morgan fingerprint density at radius 2 is 1.27 bits per heavy atom. The molecule has 41 heavy (non-hydrogen) atoms. The van der Waals surface area contributed by atoms with Gasteiger partial charge in [-0.1, -0.05) is 53.5 Å². The summed E-state index contributed by atoms with van der Waals surface area (Å²) in [6.45, 7) is 13.1. The predicted molar refractivity (Wildman–Crippen MR) is 149 cm³/mol. The summed E-state index contributed by atoms with van der Waals surface area (Å²) in [4.78, 5) is 48.7. The molecule has 0 aliphatic carbocycles. The minimum absolute atomic E-state index is 0.00186. The van der Waals surface area contributed by atoms with E-state index in [9.17, 15) is 24.3 Å². The smallest absolute Gasteiger partial charge is 0.480 e. The van der Waals surface area contributed by atoms with Crippen LogP contribution in [0.4, 0.5) is 14.4 Å². The summed E-state index contributed by atoms with van der Waals surface area (Å²) in [5.74, 6) is -2.35. The van der Waals surface area contributed by atoms with Gasteiger partial charge in [0.05, 0.1) is 13.2 Å². The third-order valence-corrected chi connectivity index (χ3v) is 6.62. The molecule has 0 bridgehead atoms. The predicted octanol–water partition coefficient (Wildman–Crippen LogP) is 6.04. The summed E-state index contributed by atoms with van der Waals surface area (Å²) < 4.78 is 31.4. The molecular formula is C29H45NO11. The number of carbonyl (C=O) groups excluding carboxylic acids is 3. The van der Waals surface area contributed by atoms with Crippen molar-refractivity contribution in [3.05, 3.63) is 23.8 Å². The first kappa shape index (κ1) is 35.5. The summed E-state index contributed by atoms with van der Waals surface area (Å²) in [5, 5.41) is 9.67. The number of carbonyl (C=O) groups is 4. The first-order valence-corrected chi connectivity index (χ1v) is 14.0. The zero-order chi connectivity index (χ0) is 31.1. The Labute approximate surface area is 241 Å². The molecule has 0 spiro atoms. The van der Waals surface area contributed by atoms with E-state index in [-0.39, 0.29) is 49.1 Å². The van der Waals surface area contributed by atoms with Gasteiger partial charge in [0, 0.05) is 5.92 Å². The molecule has 0 fully saturated rings. The topological polar surface area (TPSA) is 170 Å². The lowest BCUT2D eigenvalue weighted by molar-refractivity contribution is -0.139. The van der Waals surface area contributed by atoms with E-state index in [1.807, 2.05) is 34.6 Å². The van der Waals surface area contributed by atoms with Crippen molar-refractivity contribution >= 4 is 24.4 Å². The number of carboxylic acid groups (broad SMARTS) is 1. The average Bonchev–Trinajstić information content (AvgIpc) is 2.93. The first-order chi connectivity index (χ1) is 19.3. The normalized spacial score (nSPS) is 15.3. The van der Waals surface area contributed by atoms with E-state index in [1.54, 1.807) is 13.8 Å². The number of rotatable bonds is 16. The van der Waals surface area contributed by atoms with E-state index in [0.717, 1.165) is 12.8 Å². The van der Waals surface area contributed by atoms with Crippen molar-refractivity contribution in [2.24, 2.45) is 17.6 Å². The van der Waals surface area contributed by atoms with Gasteiger partial charge in [-0.3, -0.25) is 4.79 Å². The molecule has 12 nitrogen and oxygen atoms in total. The van der Waals surface area contributed by atoms with Crippen molar-refractivity contribution in [2.75, 3.05) is 13.2 Å². The van der Waals surface area contributed by atoms with Gasteiger partial charge in [-0.05, 0) is 56.2 Å². The van der Waals surface area contributed by atoms with E-state index < -0.39 is 42.5 Å². The lowest BCUT2D eigenvalue weighted by Gasteiger charge is -2.25. The fourth-order valence-corrected chi connectivity index (χ4v) is 3.32. The molecule has 12 heteroatoms. The molecule has 1 aromatic carbocycles. The number of benzene rings is 1. The number of ether oxygens (including phenoxy) is 6. The second-order valence-electron chi connectivity index (χ2n) is 10.3. The zero-order valence-electron chi connectivity index (χ0n) is 25.0. The third kappa shape index (κ3) is 13.1. The number of hydrogen-bond donors (Lipinski definition) is 2. The van der Waals surface area contributed by atoms with Crippen molar-refractivity contribution in [2.45, 2.75) is 98.3 Å². The molecule has 0 aliphatic heterocycles. The van der Waals surface area contributed by atoms with Crippen LogP contribution in [0.25, 0.3) is 0 Å². The van der Waals surface area contributed by atoms with E-state index >= 15 is 0 Å². The van der Waals surface area contributed by atoms with Crippen molar-refractivity contribution in [3.63, 3.8) is 0 Å². The van der Waals surface area contributed by atoms with Crippen LogP contribution in [0.5, 0.6) is 11.5 Å². The Morgan fingerprint density at radius 3 is 1.76 bits per heavy atom. The molecule has 0 aliphatic rings. The lowest BCUT2D eigenvalue weighted by Crippen LogP contribution is -2.38. The van der Waals surface area contributed by atoms with Crippen molar-refractivity contribution in [3.8, 4) is 11.5 Å². The molecule has 1 aromatic rings. The van der Waals surface area contributed by atoms with Gasteiger partial charge in [-0.25, -0.2) is 14.4 Å². The highest BCUT2D eigenvalue weighted by Crippen LogP contribution is 2.35. The number of nitrogens with two attached hydrogens (primary N) is 1. The van der Waals surface area contributed by atoms with Crippen LogP contribution >= 0.6 is 0 Å². The first-order valence-electron chi connectivity index (χ1n) is 14.0. The van der Waals surface area contributed by atoms with Gasteiger partial charge in [0.1, 0.15) is 18.2 Å². The van der Waals surface area contributed by atoms with Crippen LogP contribution in [0.3, 0.4) is 0 Å². The van der Waals surface area contributed by atoms with Crippen molar-refractivity contribution in [1.29, 1.82) is 0 Å². The van der Waals surface area contributed by atoms with E-state index in [4.69, 9.17) is 34.2 Å². The van der Waals surface area contributed by atoms with Gasteiger partial charge < -0.3 is 39.3 Å². The minimum Gasteiger partial charge on any atom is -0.480 e. The molecule has 0 amide bonds. The average molecular weight is 584 g/mol. The maximum Gasteiger partial charge on any atom is 0.513 e. The van der Waals surface area contributed by atoms with Gasteiger partial charge in [-0.15, -0.1) is 0 Å². The third-order valence-electron chi connectivity index (χ3n) is 6.62. The summed E-state index contributed by atoms with van der Waals surface area (Å²) in [5.41, 5.74) is 6.34. The monoisotopic (exact) mass is 583 g/mol. The van der Waals surface area contributed by atoms with Gasteiger partial charge in [0.25, 0.3) is 0 Å². The quantitative estimate of drug-likeness (QED) is 0.132. The van der Waals surface area contributed by atoms with E-state index in [2.05, 4.69) is 0 Å². The zero-order valence-corrected chi connectivity index (χ0v) is 25.0. The molecule has 0 saturated heterocycles. The van der Waals surface area contributed by atoms with Crippen molar-refractivity contribution in [1.82, 2.24) is 0 Å². The van der Waals surface area contributed by atoms with E-state index in [1.165, 1.54) is 18.2 Å². The molecule has 6 atom stereocenters. The molecular weight excluding hydrogens is 538 g/mol. The van der Waals surface area contributed by atoms with Crippen LogP contribution in [0.15, 0.2) is 18.2 Å². The Kier molecular flexibility index (Phi) is 15.6. The minimum atomic E-state index is -1.41. The molecule has 5 unspecified atom stereocenters. The Hall–Kier alpha value is -3.54. The highest BCUT2D eigenvalue weighted by molar-refractivity contribution is 5.75. The maximum atomic E-state index is 12.5. The van der Waals surface area contributed by atoms with Gasteiger partial charge >= 0.3 is 24.4 Å². The summed E-state index contributed by atoms with van der Waals surface area (Å²) in [7, 11) is 0. The number of hydrogen-bond acceptors (Lipinski definition) is 11. The second-order valence-corrected chi connectivity index (χ2v) is 10.3. The van der Waals surface area contributed by atoms with Crippen LogP contribution in [0.2, 0.25) is 0 Å². The van der Waals surface area contributed by atoms with Crippen LogP contribution in [0.1, 0.15) is 85.6 Å². The molecule has 1 rings (SSSR count). The largest absolute Gasteiger partial charge is 0.513 e. The summed E-state index contributed by atoms with van der Waals surface area (Å²) in [6.07, 6.45) is -1.90.